The van der Waals surface area contributed by atoms with Crippen molar-refractivity contribution in [2.45, 2.75) is 0 Å². The Morgan fingerprint density at radius 1 is 0.265 bits per heavy atom. The summed E-state index contributed by atoms with van der Waals surface area (Å²) < 4.78 is 0. The lowest BCUT2D eigenvalue weighted by atomic mass is 9.86. The fraction of sp³-hybridized carbons (Fsp3) is 0. The van der Waals surface area contributed by atoms with E-state index in [2.05, 4.69) is 206 Å². The zero-order chi connectivity index (χ0) is 45.1. The first-order valence-corrected chi connectivity index (χ1v) is 22.9. The van der Waals surface area contributed by atoms with Gasteiger partial charge in [0.05, 0.1) is 5.56 Å². The van der Waals surface area contributed by atoms with Gasteiger partial charge in [-0.3, -0.25) is 0 Å². The van der Waals surface area contributed by atoms with Crippen molar-refractivity contribution in [1.82, 2.24) is 15.0 Å². The molecule has 0 bridgehead atoms. The molecule has 68 heavy (non-hydrogen) atoms. The van der Waals surface area contributed by atoms with Gasteiger partial charge in [0.1, 0.15) is 6.07 Å². The molecule has 12 aromatic rings. The maximum Gasteiger partial charge on any atom is 0.164 e. The van der Waals surface area contributed by atoms with E-state index in [1.165, 1.54) is 49.2 Å². The SMILES string of the molecule is N#Cc1c(-c2cccc(-c3cccc(-c4nc(-c5ccccc5)nc(-c5ccc6c7c(cccc57)-c5ccccc5-6)n4)c3)c2)cccc1-c1ccccc1-c1cccc2c1ccc1ccccc12. The molecule has 4 heteroatoms. The summed E-state index contributed by atoms with van der Waals surface area (Å²) in [6.07, 6.45) is 0. The maximum atomic E-state index is 11.0. The Morgan fingerprint density at radius 3 is 1.50 bits per heavy atom. The highest BCUT2D eigenvalue weighted by Crippen LogP contribution is 2.49. The molecule has 0 aliphatic heterocycles. The fourth-order valence-electron chi connectivity index (χ4n) is 10.4. The Balaban J connectivity index is 0.898. The van der Waals surface area contributed by atoms with Crippen LogP contribution in [0, 0.1) is 11.3 Å². The molecule has 0 saturated carbocycles. The van der Waals surface area contributed by atoms with E-state index in [0.717, 1.165) is 66.6 Å². The second kappa shape index (κ2) is 16.0. The molecule has 1 aromatic heterocycles. The largest absolute Gasteiger partial charge is 0.208 e. The summed E-state index contributed by atoms with van der Waals surface area (Å²) in [4.78, 5) is 15.5. The van der Waals surface area contributed by atoms with Crippen molar-refractivity contribution in [3.63, 3.8) is 0 Å². The van der Waals surface area contributed by atoms with Crippen LogP contribution in [-0.4, -0.2) is 15.0 Å². The van der Waals surface area contributed by atoms with Crippen molar-refractivity contribution >= 4 is 32.3 Å². The van der Waals surface area contributed by atoms with E-state index < -0.39 is 0 Å². The number of hydrogen-bond donors (Lipinski definition) is 0. The average Bonchev–Trinajstić information content (AvgIpc) is 3.75. The molecule has 0 saturated heterocycles. The molecule has 0 spiro atoms. The molecule has 314 valence electrons. The Labute approximate surface area is 393 Å². The third kappa shape index (κ3) is 6.41. The molecule has 0 radical (unpaired) electrons. The van der Waals surface area contributed by atoms with E-state index in [4.69, 9.17) is 15.0 Å². The maximum absolute atomic E-state index is 11.0. The van der Waals surface area contributed by atoms with Gasteiger partial charge in [-0.2, -0.15) is 5.26 Å². The summed E-state index contributed by atoms with van der Waals surface area (Å²) >= 11 is 0. The predicted octanol–water partition coefficient (Wildman–Crippen LogP) is 16.5. The lowest BCUT2D eigenvalue weighted by Crippen LogP contribution is -2.00. The summed E-state index contributed by atoms with van der Waals surface area (Å²) in [5, 5.41) is 18.2. The standard InChI is InChI=1S/C64H38N4/c65-39-60-47(27-12-30-54(60)50-24-7-6-23-49(50)51-29-13-28-48-46-22-5-4-15-40(46)33-34-55(48)51)44-20-10-18-42(37-44)43-19-11-21-45(38-43)63-66-62(41-16-2-1-3-17-41)67-64(68-63)59-36-35-58-53-26-9-8-25-52(53)56-31-14-32-57(59)61(56)58/h1-38H. The van der Waals surface area contributed by atoms with Crippen molar-refractivity contribution in [3.05, 3.63) is 236 Å². The van der Waals surface area contributed by atoms with E-state index >= 15 is 0 Å². The van der Waals surface area contributed by atoms with Crippen LogP contribution in [-0.2, 0) is 0 Å². The first-order valence-electron chi connectivity index (χ1n) is 22.9. The first kappa shape index (κ1) is 39.1. The van der Waals surface area contributed by atoms with Gasteiger partial charge < -0.3 is 0 Å². The Kier molecular flexibility index (Phi) is 9.20. The van der Waals surface area contributed by atoms with Crippen LogP contribution in [0.2, 0.25) is 0 Å². The zero-order valence-corrected chi connectivity index (χ0v) is 36.7. The smallest absolute Gasteiger partial charge is 0.164 e. The average molecular weight is 863 g/mol. The van der Waals surface area contributed by atoms with Crippen LogP contribution in [0.25, 0.3) is 133 Å². The highest BCUT2D eigenvalue weighted by atomic mass is 15.0. The van der Waals surface area contributed by atoms with E-state index in [1.807, 2.05) is 30.3 Å². The highest BCUT2D eigenvalue weighted by molar-refractivity contribution is 6.18. The van der Waals surface area contributed by atoms with Crippen LogP contribution < -0.4 is 0 Å². The van der Waals surface area contributed by atoms with Crippen LogP contribution in [0.5, 0.6) is 0 Å². The summed E-state index contributed by atoms with van der Waals surface area (Å²) in [7, 11) is 0. The number of nitrogens with zero attached hydrogens (tertiary/aromatic N) is 4. The number of rotatable bonds is 7. The lowest BCUT2D eigenvalue weighted by molar-refractivity contribution is 1.08. The number of aromatic nitrogens is 3. The molecule has 0 N–H and O–H groups in total. The number of nitriles is 1. The number of fused-ring (bicyclic) bond motifs is 6. The van der Waals surface area contributed by atoms with Gasteiger partial charge >= 0.3 is 0 Å². The van der Waals surface area contributed by atoms with Gasteiger partial charge in [0.2, 0.25) is 0 Å². The summed E-state index contributed by atoms with van der Waals surface area (Å²) in [6.45, 7) is 0. The minimum Gasteiger partial charge on any atom is -0.208 e. The molecule has 1 aliphatic rings. The third-order valence-corrected chi connectivity index (χ3v) is 13.6. The molecule has 4 nitrogen and oxygen atoms in total. The van der Waals surface area contributed by atoms with Crippen molar-refractivity contribution in [2.75, 3.05) is 0 Å². The quantitative estimate of drug-likeness (QED) is 0.150. The van der Waals surface area contributed by atoms with E-state index in [0.29, 0.717) is 23.0 Å². The van der Waals surface area contributed by atoms with Crippen LogP contribution in [0.3, 0.4) is 0 Å². The van der Waals surface area contributed by atoms with E-state index in [1.54, 1.807) is 0 Å². The highest BCUT2D eigenvalue weighted by Gasteiger charge is 2.24. The predicted molar refractivity (Wildman–Crippen MR) is 280 cm³/mol. The molecule has 0 atom stereocenters. The monoisotopic (exact) mass is 862 g/mol. The number of benzene rings is 11. The molecule has 0 fully saturated rings. The molecular formula is C64H38N4. The molecule has 0 unspecified atom stereocenters. The van der Waals surface area contributed by atoms with E-state index in [9.17, 15) is 5.26 Å². The van der Waals surface area contributed by atoms with Gasteiger partial charge in [-0.25, -0.2) is 15.0 Å². The van der Waals surface area contributed by atoms with Crippen molar-refractivity contribution in [2.24, 2.45) is 0 Å². The Bertz CT molecular complexity index is 4020. The van der Waals surface area contributed by atoms with Gasteiger partial charge in [-0.1, -0.05) is 212 Å². The molecule has 13 rings (SSSR count). The first-order chi connectivity index (χ1) is 33.7. The van der Waals surface area contributed by atoms with Crippen molar-refractivity contribution in [3.8, 4) is 107 Å². The minimum absolute atomic E-state index is 0.593. The van der Waals surface area contributed by atoms with Crippen LogP contribution in [0.1, 0.15) is 5.56 Å². The van der Waals surface area contributed by atoms with Gasteiger partial charge in [-0.15, -0.1) is 0 Å². The fourth-order valence-corrected chi connectivity index (χ4v) is 10.4. The summed E-state index contributed by atoms with van der Waals surface area (Å²) in [5.74, 6) is 1.83. The summed E-state index contributed by atoms with van der Waals surface area (Å²) in [5.41, 5.74) is 16.4. The third-order valence-electron chi connectivity index (χ3n) is 13.6. The van der Waals surface area contributed by atoms with Gasteiger partial charge in [0, 0.05) is 27.8 Å². The van der Waals surface area contributed by atoms with Gasteiger partial charge in [-0.05, 0) is 106 Å². The molecule has 0 amide bonds. The van der Waals surface area contributed by atoms with Crippen LogP contribution >= 0.6 is 0 Å². The molecule has 1 heterocycles. The Morgan fingerprint density at radius 2 is 0.735 bits per heavy atom. The van der Waals surface area contributed by atoms with Gasteiger partial charge in [0.15, 0.2) is 17.5 Å². The normalized spacial score (nSPS) is 11.5. The molecule has 1 aliphatic carbocycles. The summed E-state index contributed by atoms with van der Waals surface area (Å²) in [6, 6.07) is 83.3. The van der Waals surface area contributed by atoms with Crippen LogP contribution in [0.4, 0.5) is 0 Å². The molecule has 11 aromatic carbocycles. The Hall–Kier alpha value is -9.30. The zero-order valence-electron chi connectivity index (χ0n) is 36.7. The molecular weight excluding hydrogens is 825 g/mol. The second-order valence-electron chi connectivity index (χ2n) is 17.3. The topological polar surface area (TPSA) is 62.5 Å². The van der Waals surface area contributed by atoms with Crippen molar-refractivity contribution in [1.29, 1.82) is 5.26 Å². The lowest BCUT2D eigenvalue weighted by Gasteiger charge is -2.16. The van der Waals surface area contributed by atoms with E-state index in [-0.39, 0.29) is 0 Å². The van der Waals surface area contributed by atoms with Crippen molar-refractivity contribution < 1.29 is 0 Å². The van der Waals surface area contributed by atoms with Gasteiger partial charge in [0.25, 0.3) is 0 Å². The van der Waals surface area contributed by atoms with Crippen LogP contribution in [0.15, 0.2) is 231 Å². The minimum atomic E-state index is 0.593. The number of hydrogen-bond acceptors (Lipinski definition) is 4. The second-order valence-corrected chi connectivity index (χ2v) is 17.3.